The Morgan fingerprint density at radius 1 is 0.936 bits per heavy atom. The summed E-state index contributed by atoms with van der Waals surface area (Å²) in [5.41, 5.74) is -2.86. The van der Waals surface area contributed by atoms with Crippen molar-refractivity contribution in [1.29, 1.82) is 0 Å². The number of fused-ring (bicyclic) bond motifs is 5. The zero-order valence-electron chi connectivity index (χ0n) is 27.1. The number of cyclic esters (lactones) is 1. The fourth-order valence-electron chi connectivity index (χ4n) is 11.0. The highest BCUT2D eigenvalue weighted by molar-refractivity contribution is 5.85. The summed E-state index contributed by atoms with van der Waals surface area (Å²) in [6.45, 7) is 3.86. The van der Waals surface area contributed by atoms with Gasteiger partial charge in [0, 0.05) is 24.3 Å². The van der Waals surface area contributed by atoms with Crippen molar-refractivity contribution in [2.24, 2.45) is 28.6 Å². The number of esters is 1. The van der Waals surface area contributed by atoms with Gasteiger partial charge in [-0.15, -0.1) is 0 Å². The minimum Gasteiger partial charge on any atom is -0.458 e. The van der Waals surface area contributed by atoms with Crippen LogP contribution in [0.4, 0.5) is 0 Å². The number of hydrogen-bond donors (Lipinski definition) is 6. The van der Waals surface area contributed by atoms with Crippen LogP contribution in [0.25, 0.3) is 0 Å². The molecule has 6 N–H and O–H groups in total. The van der Waals surface area contributed by atoms with Gasteiger partial charge in [-0.1, -0.05) is 6.92 Å². The van der Waals surface area contributed by atoms with Crippen molar-refractivity contribution in [3.63, 3.8) is 0 Å². The molecule has 13 heteroatoms. The van der Waals surface area contributed by atoms with Crippen molar-refractivity contribution < 1.29 is 63.9 Å². The van der Waals surface area contributed by atoms with Crippen LogP contribution in [0.1, 0.15) is 78.1 Å². The molecule has 264 valence electrons. The average Bonchev–Trinajstić information content (AvgIpc) is 3.57. The third kappa shape index (κ3) is 5.18. The summed E-state index contributed by atoms with van der Waals surface area (Å²) in [5.74, 6) is -0.635. The molecule has 0 bridgehead atoms. The lowest BCUT2D eigenvalue weighted by Gasteiger charge is -2.65. The van der Waals surface area contributed by atoms with E-state index in [0.29, 0.717) is 44.9 Å². The molecule has 7 aliphatic rings. The lowest BCUT2D eigenvalue weighted by molar-refractivity contribution is -0.331. The lowest BCUT2D eigenvalue weighted by Crippen LogP contribution is -2.69. The molecule has 0 amide bonds. The maximum Gasteiger partial charge on any atom is 0.331 e. The highest BCUT2D eigenvalue weighted by Crippen LogP contribution is 2.70. The SMILES string of the molecule is C[C@H]1O[C@@H](O[C@H]2CC[C@]3(C=O)[C@H]4CC[C@]5(C)[C@@H](C6=CC(=O)OC6)CC[C@]5(O)[C@@H]4CC[C@]3(O)C2)C[C@H](O)[C@@H]1O[C@@H]1OC[C@@H](O)[C@H](O)[C@H]1O. The van der Waals surface area contributed by atoms with Gasteiger partial charge < -0.3 is 59.1 Å². The van der Waals surface area contributed by atoms with Crippen LogP contribution in [-0.2, 0) is 33.3 Å². The standard InChI is InChI=1S/C34H50O13/c1-17-29(47-30-28(40)27(39)24(37)15-44-30)23(36)12-26(45-17)46-19-3-8-32(16-35)21-4-7-31(2)20(18-11-25(38)43-14-18)6-10-34(31,42)22(21)5-9-33(32,41)13-19/h11,16-17,19-24,26-30,36-37,39-42H,3-10,12-15H2,1-2H3/t17-,19+,20-,21+,22-,23+,24-,26+,27+,28-,29-,30+,31-,32+,33+,34+/m1/s1. The number of carbonyl (C=O) groups excluding carboxylic acids is 2. The number of carbonyl (C=O) groups is 2. The van der Waals surface area contributed by atoms with Crippen molar-refractivity contribution in [2.45, 2.75) is 145 Å². The molecular weight excluding hydrogens is 616 g/mol. The summed E-state index contributed by atoms with van der Waals surface area (Å²) in [6.07, 6.45) is -1.89. The summed E-state index contributed by atoms with van der Waals surface area (Å²) in [5, 5.41) is 65.7. The monoisotopic (exact) mass is 666 g/mol. The third-order valence-corrected chi connectivity index (χ3v) is 13.6. The van der Waals surface area contributed by atoms with Crippen molar-refractivity contribution in [2.75, 3.05) is 13.2 Å². The maximum atomic E-state index is 13.1. The molecule has 0 spiro atoms. The molecule has 6 fully saturated rings. The van der Waals surface area contributed by atoms with Crippen molar-refractivity contribution in [3.8, 4) is 0 Å². The molecule has 2 saturated heterocycles. The van der Waals surface area contributed by atoms with E-state index in [4.69, 9.17) is 23.7 Å². The van der Waals surface area contributed by atoms with Gasteiger partial charge in [0.05, 0.1) is 41.5 Å². The number of hydrogen-bond acceptors (Lipinski definition) is 13. The Bertz CT molecular complexity index is 1250. The van der Waals surface area contributed by atoms with E-state index in [2.05, 4.69) is 6.92 Å². The number of ether oxygens (including phenoxy) is 5. The van der Waals surface area contributed by atoms with Gasteiger partial charge in [-0.05, 0) is 81.6 Å². The molecule has 7 rings (SSSR count). The van der Waals surface area contributed by atoms with Crippen LogP contribution >= 0.6 is 0 Å². The van der Waals surface area contributed by atoms with Gasteiger partial charge in [0.15, 0.2) is 12.6 Å². The summed E-state index contributed by atoms with van der Waals surface area (Å²) in [7, 11) is 0. The fourth-order valence-corrected chi connectivity index (χ4v) is 11.0. The van der Waals surface area contributed by atoms with Crippen LogP contribution in [0.2, 0.25) is 0 Å². The number of aldehydes is 1. The van der Waals surface area contributed by atoms with Crippen LogP contribution in [-0.4, -0.2) is 123 Å². The Balaban J connectivity index is 1.01. The van der Waals surface area contributed by atoms with E-state index in [0.717, 1.165) is 18.3 Å². The van der Waals surface area contributed by atoms with Crippen molar-refractivity contribution in [1.82, 2.24) is 0 Å². The largest absolute Gasteiger partial charge is 0.458 e. The first-order valence-corrected chi connectivity index (χ1v) is 17.3. The van der Waals surface area contributed by atoms with E-state index in [1.54, 1.807) is 13.0 Å². The van der Waals surface area contributed by atoms with Gasteiger partial charge in [-0.2, -0.15) is 0 Å². The van der Waals surface area contributed by atoms with E-state index in [9.17, 15) is 40.2 Å². The van der Waals surface area contributed by atoms with E-state index in [-0.39, 0.29) is 49.8 Å². The summed E-state index contributed by atoms with van der Waals surface area (Å²) in [4.78, 5) is 25.0. The fraction of sp³-hybridized carbons (Fsp3) is 0.882. The molecule has 3 heterocycles. The molecule has 0 radical (unpaired) electrons. The maximum absolute atomic E-state index is 13.1. The molecule has 47 heavy (non-hydrogen) atoms. The van der Waals surface area contributed by atoms with Gasteiger partial charge in [-0.25, -0.2) is 4.79 Å². The Morgan fingerprint density at radius 2 is 1.70 bits per heavy atom. The molecular formula is C34H50O13. The first-order chi connectivity index (χ1) is 22.2. The molecule has 16 atom stereocenters. The summed E-state index contributed by atoms with van der Waals surface area (Å²) in [6, 6.07) is 0. The Kier molecular flexibility index (Phi) is 8.72. The molecule has 0 aromatic rings. The molecule has 4 saturated carbocycles. The van der Waals surface area contributed by atoms with Crippen molar-refractivity contribution >= 4 is 12.3 Å². The van der Waals surface area contributed by atoms with Crippen molar-refractivity contribution in [3.05, 3.63) is 11.6 Å². The van der Waals surface area contributed by atoms with Crippen LogP contribution in [0.5, 0.6) is 0 Å². The quantitative estimate of drug-likeness (QED) is 0.128. The van der Waals surface area contributed by atoms with Crippen LogP contribution < -0.4 is 0 Å². The zero-order chi connectivity index (χ0) is 33.5. The predicted octanol–water partition coefficient (Wildman–Crippen LogP) is 0.243. The third-order valence-electron chi connectivity index (χ3n) is 13.6. The van der Waals surface area contributed by atoms with Gasteiger partial charge in [0.1, 0.15) is 37.3 Å². The Hall–Kier alpha value is -1.52. The molecule has 13 nitrogen and oxygen atoms in total. The van der Waals surface area contributed by atoms with Crippen LogP contribution in [0.3, 0.4) is 0 Å². The first kappa shape index (κ1) is 34.0. The first-order valence-electron chi connectivity index (χ1n) is 17.3. The van der Waals surface area contributed by atoms with Crippen LogP contribution in [0.15, 0.2) is 11.6 Å². The molecule has 0 aromatic carbocycles. The Labute approximate surface area is 274 Å². The topological polar surface area (TPSA) is 202 Å². The van der Waals surface area contributed by atoms with E-state index >= 15 is 0 Å². The van der Waals surface area contributed by atoms with Crippen LogP contribution in [0, 0.1) is 28.6 Å². The highest BCUT2D eigenvalue weighted by atomic mass is 16.7. The van der Waals surface area contributed by atoms with Gasteiger partial charge >= 0.3 is 5.97 Å². The van der Waals surface area contributed by atoms with Gasteiger partial charge in [0.25, 0.3) is 0 Å². The average molecular weight is 667 g/mol. The number of aliphatic hydroxyl groups excluding tert-OH is 4. The molecule has 0 unspecified atom stereocenters. The molecule has 0 aromatic heterocycles. The van der Waals surface area contributed by atoms with Gasteiger partial charge in [-0.3, -0.25) is 0 Å². The minimum absolute atomic E-state index is 0.0370. The molecule has 4 aliphatic carbocycles. The highest BCUT2D eigenvalue weighted by Gasteiger charge is 2.71. The number of aliphatic hydroxyl groups is 6. The normalized spacial score (nSPS) is 54.6. The predicted molar refractivity (Wildman–Crippen MR) is 160 cm³/mol. The van der Waals surface area contributed by atoms with E-state index in [1.807, 2.05) is 0 Å². The van der Waals surface area contributed by atoms with Gasteiger partial charge in [0.2, 0.25) is 0 Å². The second kappa shape index (κ2) is 12.1. The van der Waals surface area contributed by atoms with E-state index in [1.165, 1.54) is 0 Å². The van der Waals surface area contributed by atoms with E-state index < -0.39 is 77.3 Å². The lowest BCUT2D eigenvalue weighted by atomic mass is 9.41. The number of rotatable bonds is 6. The zero-order valence-corrected chi connectivity index (χ0v) is 27.1. The Morgan fingerprint density at radius 3 is 2.40 bits per heavy atom. The smallest absolute Gasteiger partial charge is 0.331 e. The molecule has 3 aliphatic heterocycles. The minimum atomic E-state index is -1.50. The second-order valence-corrected chi connectivity index (χ2v) is 15.7. The summed E-state index contributed by atoms with van der Waals surface area (Å²) < 4.78 is 28.7. The second-order valence-electron chi connectivity index (χ2n) is 15.7. The summed E-state index contributed by atoms with van der Waals surface area (Å²) >= 11 is 0.